The number of nitrogens with zero attached hydrogens (tertiary/aromatic N) is 2. The maximum atomic E-state index is 5.91. The van der Waals surface area contributed by atoms with Crippen LogP contribution >= 0.6 is 0 Å². The van der Waals surface area contributed by atoms with E-state index in [1.54, 1.807) is 14.2 Å². The van der Waals surface area contributed by atoms with E-state index in [-0.39, 0.29) is 0 Å². The van der Waals surface area contributed by atoms with E-state index in [1.165, 1.54) is 0 Å². The lowest BCUT2D eigenvalue weighted by Crippen LogP contribution is -2.36. The SMILES string of the molecule is CN=C(NCc1ccccc1OC)NCc1ccccc1OCCN(C)C. The molecule has 0 heterocycles. The quantitative estimate of drug-likeness (QED) is 0.525. The van der Waals surface area contributed by atoms with Crippen LogP contribution in [0, 0.1) is 0 Å². The smallest absolute Gasteiger partial charge is 0.191 e. The van der Waals surface area contributed by atoms with Crippen molar-refractivity contribution in [3.8, 4) is 11.5 Å². The molecule has 0 aliphatic carbocycles. The standard InChI is InChI=1S/C21H30N4O2/c1-22-21(23-15-17-9-5-7-11-19(17)26-4)24-16-18-10-6-8-12-20(18)27-14-13-25(2)3/h5-12H,13-16H2,1-4H3,(H2,22,23,24). The summed E-state index contributed by atoms with van der Waals surface area (Å²) in [4.78, 5) is 6.40. The average Bonchev–Trinajstić information content (AvgIpc) is 2.69. The molecule has 0 aliphatic heterocycles. The molecule has 6 nitrogen and oxygen atoms in total. The molecule has 146 valence electrons. The molecule has 6 heteroatoms. The fourth-order valence-electron chi connectivity index (χ4n) is 2.56. The predicted molar refractivity (Wildman–Crippen MR) is 111 cm³/mol. The van der Waals surface area contributed by atoms with Crippen molar-refractivity contribution in [2.45, 2.75) is 13.1 Å². The Morgan fingerprint density at radius 3 is 2.04 bits per heavy atom. The van der Waals surface area contributed by atoms with E-state index in [2.05, 4.69) is 26.6 Å². The first-order chi connectivity index (χ1) is 13.1. The third-order valence-electron chi connectivity index (χ3n) is 4.08. The second kappa shape index (κ2) is 11.1. The van der Waals surface area contributed by atoms with Gasteiger partial charge in [0.15, 0.2) is 5.96 Å². The molecule has 0 saturated carbocycles. The van der Waals surface area contributed by atoms with Gasteiger partial charge in [0.1, 0.15) is 18.1 Å². The fourth-order valence-corrected chi connectivity index (χ4v) is 2.56. The number of ether oxygens (including phenoxy) is 2. The Morgan fingerprint density at radius 2 is 1.48 bits per heavy atom. The molecule has 0 saturated heterocycles. The minimum atomic E-state index is 0.629. The van der Waals surface area contributed by atoms with E-state index < -0.39 is 0 Å². The third-order valence-corrected chi connectivity index (χ3v) is 4.08. The highest BCUT2D eigenvalue weighted by Gasteiger charge is 2.06. The Balaban J connectivity index is 1.90. The number of nitrogens with one attached hydrogen (secondary N) is 2. The van der Waals surface area contributed by atoms with E-state index in [0.717, 1.165) is 35.1 Å². The van der Waals surface area contributed by atoms with Gasteiger partial charge in [-0.1, -0.05) is 36.4 Å². The molecule has 2 N–H and O–H groups in total. The molecule has 0 unspecified atom stereocenters. The summed E-state index contributed by atoms with van der Waals surface area (Å²) in [6.45, 7) is 2.79. The predicted octanol–water partition coefficient (Wildman–Crippen LogP) is 2.50. The van der Waals surface area contributed by atoms with E-state index in [4.69, 9.17) is 9.47 Å². The topological polar surface area (TPSA) is 58.1 Å². The van der Waals surface area contributed by atoms with Gasteiger partial charge in [0.2, 0.25) is 0 Å². The van der Waals surface area contributed by atoms with Crippen LogP contribution in [0.25, 0.3) is 0 Å². The molecule has 0 radical (unpaired) electrons. The number of rotatable bonds is 9. The van der Waals surface area contributed by atoms with Gasteiger partial charge < -0.3 is 25.0 Å². The molecule has 0 aliphatic rings. The number of hydrogen-bond donors (Lipinski definition) is 2. The molecule has 27 heavy (non-hydrogen) atoms. The molecule has 0 aromatic heterocycles. The van der Waals surface area contributed by atoms with Crippen molar-refractivity contribution in [1.29, 1.82) is 0 Å². The molecular formula is C21H30N4O2. The Bertz CT molecular complexity index is 732. The largest absolute Gasteiger partial charge is 0.496 e. The Hall–Kier alpha value is -2.73. The van der Waals surface area contributed by atoms with Crippen LogP contribution in [0.2, 0.25) is 0 Å². The monoisotopic (exact) mass is 370 g/mol. The van der Waals surface area contributed by atoms with Gasteiger partial charge in [0.25, 0.3) is 0 Å². The van der Waals surface area contributed by atoms with Crippen molar-refractivity contribution in [2.75, 3.05) is 41.4 Å². The number of guanidine groups is 1. The molecule has 2 rings (SSSR count). The summed E-state index contributed by atoms with van der Waals surface area (Å²) < 4.78 is 11.3. The number of likely N-dealkylation sites (N-methyl/N-ethyl adjacent to an activating group) is 1. The second-order valence-corrected chi connectivity index (χ2v) is 6.35. The summed E-state index contributed by atoms with van der Waals surface area (Å²) in [5, 5.41) is 6.66. The van der Waals surface area contributed by atoms with Crippen LogP contribution in [0.1, 0.15) is 11.1 Å². The first-order valence-electron chi connectivity index (χ1n) is 9.06. The molecule has 0 bridgehead atoms. The Kier molecular flexibility index (Phi) is 8.45. The molecule has 0 atom stereocenters. The van der Waals surface area contributed by atoms with Gasteiger partial charge >= 0.3 is 0 Å². The summed E-state index contributed by atoms with van der Waals surface area (Å²) in [7, 11) is 7.51. The number of methoxy groups -OCH3 is 1. The normalized spacial score (nSPS) is 11.4. The molecular weight excluding hydrogens is 340 g/mol. The van der Waals surface area contributed by atoms with Gasteiger partial charge in [-0.05, 0) is 26.2 Å². The van der Waals surface area contributed by atoms with Gasteiger partial charge in [-0.3, -0.25) is 4.99 Å². The average molecular weight is 370 g/mol. The third kappa shape index (κ3) is 6.83. The Morgan fingerprint density at radius 1 is 0.926 bits per heavy atom. The zero-order chi connectivity index (χ0) is 19.5. The van der Waals surface area contributed by atoms with Crippen LogP contribution in [0.5, 0.6) is 11.5 Å². The Labute approximate surface area is 162 Å². The minimum absolute atomic E-state index is 0.629. The van der Waals surface area contributed by atoms with E-state index in [0.29, 0.717) is 19.7 Å². The lowest BCUT2D eigenvalue weighted by atomic mass is 10.2. The number of benzene rings is 2. The summed E-state index contributed by atoms with van der Waals surface area (Å²) in [6, 6.07) is 16.0. The van der Waals surface area contributed by atoms with Crippen LogP contribution in [-0.2, 0) is 13.1 Å². The van der Waals surface area contributed by atoms with Gasteiger partial charge in [-0.2, -0.15) is 0 Å². The molecule has 0 spiro atoms. The van der Waals surface area contributed by atoms with Gasteiger partial charge in [-0.25, -0.2) is 0 Å². The highest BCUT2D eigenvalue weighted by atomic mass is 16.5. The van der Waals surface area contributed by atoms with Crippen molar-refractivity contribution in [2.24, 2.45) is 4.99 Å². The van der Waals surface area contributed by atoms with Gasteiger partial charge in [0.05, 0.1) is 7.11 Å². The molecule has 2 aromatic rings. The van der Waals surface area contributed by atoms with Crippen molar-refractivity contribution in [1.82, 2.24) is 15.5 Å². The highest BCUT2D eigenvalue weighted by molar-refractivity contribution is 5.79. The lowest BCUT2D eigenvalue weighted by Gasteiger charge is -2.16. The number of aliphatic imine (C=N–C) groups is 1. The van der Waals surface area contributed by atoms with Crippen LogP contribution in [-0.4, -0.2) is 52.3 Å². The minimum Gasteiger partial charge on any atom is -0.496 e. The van der Waals surface area contributed by atoms with Crippen molar-refractivity contribution in [3.05, 3.63) is 59.7 Å². The van der Waals surface area contributed by atoms with Crippen LogP contribution < -0.4 is 20.1 Å². The number of hydrogen-bond acceptors (Lipinski definition) is 4. The molecule has 0 fully saturated rings. The first-order valence-corrected chi connectivity index (χ1v) is 9.06. The van der Waals surface area contributed by atoms with Crippen molar-refractivity contribution < 1.29 is 9.47 Å². The van der Waals surface area contributed by atoms with Gasteiger partial charge in [0, 0.05) is 37.8 Å². The molecule has 0 amide bonds. The zero-order valence-electron chi connectivity index (χ0n) is 16.7. The summed E-state index contributed by atoms with van der Waals surface area (Å²) in [5.41, 5.74) is 2.17. The summed E-state index contributed by atoms with van der Waals surface area (Å²) >= 11 is 0. The van der Waals surface area contributed by atoms with Crippen molar-refractivity contribution in [3.63, 3.8) is 0 Å². The maximum Gasteiger partial charge on any atom is 0.191 e. The lowest BCUT2D eigenvalue weighted by molar-refractivity contribution is 0.259. The number of para-hydroxylation sites is 2. The second-order valence-electron chi connectivity index (χ2n) is 6.35. The summed E-state index contributed by atoms with van der Waals surface area (Å²) in [5.74, 6) is 2.48. The van der Waals surface area contributed by atoms with Crippen LogP contribution in [0.15, 0.2) is 53.5 Å². The van der Waals surface area contributed by atoms with Crippen LogP contribution in [0.4, 0.5) is 0 Å². The van der Waals surface area contributed by atoms with Gasteiger partial charge in [-0.15, -0.1) is 0 Å². The summed E-state index contributed by atoms with van der Waals surface area (Å²) in [6.07, 6.45) is 0. The van der Waals surface area contributed by atoms with E-state index >= 15 is 0 Å². The zero-order valence-corrected chi connectivity index (χ0v) is 16.7. The first kappa shape index (κ1) is 20.6. The maximum absolute atomic E-state index is 5.91. The van der Waals surface area contributed by atoms with Crippen molar-refractivity contribution >= 4 is 5.96 Å². The van der Waals surface area contributed by atoms with E-state index in [9.17, 15) is 0 Å². The highest BCUT2D eigenvalue weighted by Crippen LogP contribution is 2.18. The van der Waals surface area contributed by atoms with Crippen LogP contribution in [0.3, 0.4) is 0 Å². The molecule has 2 aromatic carbocycles. The fraction of sp³-hybridized carbons (Fsp3) is 0.381. The van der Waals surface area contributed by atoms with E-state index in [1.807, 2.05) is 56.6 Å².